The number of ether oxygens (including phenoxy) is 2. The second-order valence-electron chi connectivity index (χ2n) is 5.49. The summed E-state index contributed by atoms with van der Waals surface area (Å²) in [6.07, 6.45) is 1.52. The van der Waals surface area contributed by atoms with Gasteiger partial charge in [0.15, 0.2) is 0 Å². The van der Waals surface area contributed by atoms with E-state index in [9.17, 15) is 9.18 Å². The van der Waals surface area contributed by atoms with E-state index in [1.54, 1.807) is 48.5 Å². The van der Waals surface area contributed by atoms with Gasteiger partial charge in [-0.3, -0.25) is 4.79 Å². The van der Waals surface area contributed by atoms with Gasteiger partial charge in [0.25, 0.3) is 5.91 Å². The van der Waals surface area contributed by atoms with E-state index in [2.05, 4.69) is 10.3 Å². The predicted molar refractivity (Wildman–Crippen MR) is 95.9 cm³/mol. The molecule has 0 spiro atoms. The van der Waals surface area contributed by atoms with E-state index in [4.69, 9.17) is 9.47 Å². The molecule has 2 aromatic carbocycles. The van der Waals surface area contributed by atoms with E-state index in [1.165, 1.54) is 25.4 Å². The van der Waals surface area contributed by atoms with E-state index in [-0.39, 0.29) is 18.3 Å². The lowest BCUT2D eigenvalue weighted by Crippen LogP contribution is -2.12. The van der Waals surface area contributed by atoms with Crippen LogP contribution in [-0.2, 0) is 6.61 Å². The van der Waals surface area contributed by atoms with Gasteiger partial charge in [-0.2, -0.15) is 0 Å². The Morgan fingerprint density at radius 1 is 1.12 bits per heavy atom. The van der Waals surface area contributed by atoms with Gasteiger partial charge in [-0.1, -0.05) is 18.2 Å². The average Bonchev–Trinajstić information content (AvgIpc) is 2.68. The van der Waals surface area contributed by atoms with Crippen LogP contribution >= 0.6 is 0 Å². The Hall–Kier alpha value is -3.41. The van der Waals surface area contributed by atoms with Crippen molar-refractivity contribution in [3.63, 3.8) is 0 Å². The first-order valence-corrected chi connectivity index (χ1v) is 7.93. The highest BCUT2D eigenvalue weighted by Gasteiger charge is 2.08. The van der Waals surface area contributed by atoms with Crippen molar-refractivity contribution in [3.05, 3.63) is 83.8 Å². The molecule has 1 amide bonds. The minimum atomic E-state index is -0.291. The van der Waals surface area contributed by atoms with Crippen LogP contribution in [0.2, 0.25) is 0 Å². The van der Waals surface area contributed by atoms with Crippen LogP contribution in [-0.4, -0.2) is 18.0 Å². The summed E-state index contributed by atoms with van der Waals surface area (Å²) in [6, 6.07) is 16.3. The maximum absolute atomic E-state index is 12.9. The molecule has 0 saturated carbocycles. The van der Waals surface area contributed by atoms with Crippen LogP contribution < -0.4 is 14.8 Å². The summed E-state index contributed by atoms with van der Waals surface area (Å²) in [4.78, 5) is 16.4. The Morgan fingerprint density at radius 2 is 1.92 bits per heavy atom. The highest BCUT2D eigenvalue weighted by atomic mass is 19.1. The molecule has 0 unspecified atom stereocenters. The minimum Gasteiger partial charge on any atom is -0.489 e. The molecule has 0 bridgehead atoms. The number of carbonyl (C=O) groups is 1. The van der Waals surface area contributed by atoms with Gasteiger partial charge in [0.1, 0.15) is 18.2 Å². The van der Waals surface area contributed by atoms with E-state index in [0.29, 0.717) is 22.9 Å². The molecule has 6 heteroatoms. The number of benzene rings is 2. The Morgan fingerprint density at radius 3 is 2.62 bits per heavy atom. The van der Waals surface area contributed by atoms with E-state index >= 15 is 0 Å². The quantitative estimate of drug-likeness (QED) is 0.727. The summed E-state index contributed by atoms with van der Waals surface area (Å²) in [7, 11) is 1.53. The van der Waals surface area contributed by atoms with Crippen LogP contribution in [0.3, 0.4) is 0 Å². The van der Waals surface area contributed by atoms with Crippen LogP contribution in [0.4, 0.5) is 10.1 Å². The number of nitrogens with zero attached hydrogens (tertiary/aromatic N) is 1. The molecular weight excluding hydrogens is 335 g/mol. The Balaban J connectivity index is 1.63. The van der Waals surface area contributed by atoms with Gasteiger partial charge >= 0.3 is 0 Å². The summed E-state index contributed by atoms with van der Waals surface area (Å²) in [6.45, 7) is 0.285. The Labute approximate surface area is 150 Å². The molecule has 132 valence electrons. The van der Waals surface area contributed by atoms with Crippen molar-refractivity contribution in [2.45, 2.75) is 6.61 Å². The first kappa shape index (κ1) is 17.4. The number of rotatable bonds is 6. The number of hydrogen-bond acceptors (Lipinski definition) is 4. The third kappa shape index (κ3) is 4.57. The van der Waals surface area contributed by atoms with Crippen LogP contribution in [0.1, 0.15) is 15.9 Å². The van der Waals surface area contributed by atoms with Crippen molar-refractivity contribution in [1.82, 2.24) is 4.98 Å². The predicted octanol–water partition coefficient (Wildman–Crippen LogP) is 4.06. The number of nitrogens with one attached hydrogen (secondary N) is 1. The fourth-order valence-electron chi connectivity index (χ4n) is 2.25. The minimum absolute atomic E-state index is 0.274. The summed E-state index contributed by atoms with van der Waals surface area (Å²) in [5.74, 6) is 0.457. The lowest BCUT2D eigenvalue weighted by atomic mass is 10.2. The van der Waals surface area contributed by atoms with E-state index in [0.717, 1.165) is 5.56 Å². The Bertz CT molecular complexity index is 880. The molecule has 0 aliphatic heterocycles. The fraction of sp³-hybridized carbons (Fsp3) is 0.100. The number of pyridine rings is 1. The number of amides is 1. The normalized spacial score (nSPS) is 10.2. The highest BCUT2D eigenvalue weighted by Crippen LogP contribution is 2.17. The SMILES string of the molecule is COc1ccc(NC(=O)c2cccc(OCc3ccc(F)cc3)c2)cn1. The second-order valence-corrected chi connectivity index (χ2v) is 5.49. The molecule has 0 aliphatic rings. The molecule has 1 heterocycles. The number of hydrogen-bond donors (Lipinski definition) is 1. The van der Waals surface area contributed by atoms with Gasteiger partial charge in [-0.05, 0) is 42.0 Å². The van der Waals surface area contributed by atoms with Crippen molar-refractivity contribution in [2.75, 3.05) is 12.4 Å². The maximum Gasteiger partial charge on any atom is 0.255 e. The lowest BCUT2D eigenvalue weighted by Gasteiger charge is -2.09. The van der Waals surface area contributed by atoms with Crippen LogP contribution in [0.5, 0.6) is 11.6 Å². The molecule has 0 fully saturated rings. The lowest BCUT2D eigenvalue weighted by molar-refractivity contribution is 0.102. The summed E-state index contributed by atoms with van der Waals surface area (Å²) in [5.41, 5.74) is 1.86. The number of aromatic nitrogens is 1. The third-order valence-electron chi connectivity index (χ3n) is 3.62. The molecule has 0 saturated heterocycles. The van der Waals surface area contributed by atoms with Gasteiger partial charge in [-0.15, -0.1) is 0 Å². The largest absolute Gasteiger partial charge is 0.489 e. The van der Waals surface area contributed by atoms with Crippen molar-refractivity contribution < 1.29 is 18.7 Å². The summed E-state index contributed by atoms with van der Waals surface area (Å²) in [5, 5.41) is 2.76. The van der Waals surface area contributed by atoms with Gasteiger partial charge in [-0.25, -0.2) is 9.37 Å². The molecule has 3 aromatic rings. The fourth-order valence-corrected chi connectivity index (χ4v) is 2.25. The van der Waals surface area contributed by atoms with Gasteiger partial charge in [0.2, 0.25) is 5.88 Å². The zero-order valence-corrected chi connectivity index (χ0v) is 14.1. The maximum atomic E-state index is 12.9. The zero-order valence-electron chi connectivity index (χ0n) is 14.1. The van der Waals surface area contributed by atoms with Crippen LogP contribution in [0, 0.1) is 5.82 Å². The second kappa shape index (κ2) is 8.11. The average molecular weight is 352 g/mol. The molecule has 0 atom stereocenters. The molecule has 0 aliphatic carbocycles. The van der Waals surface area contributed by atoms with Crippen molar-refractivity contribution in [1.29, 1.82) is 0 Å². The molecule has 1 N–H and O–H groups in total. The molecule has 3 rings (SSSR count). The molecule has 0 radical (unpaired) electrons. The van der Waals surface area contributed by atoms with Crippen LogP contribution in [0.25, 0.3) is 0 Å². The van der Waals surface area contributed by atoms with E-state index in [1.807, 2.05) is 0 Å². The summed E-state index contributed by atoms with van der Waals surface area (Å²) >= 11 is 0. The van der Waals surface area contributed by atoms with Crippen molar-refractivity contribution >= 4 is 11.6 Å². The first-order valence-electron chi connectivity index (χ1n) is 7.93. The van der Waals surface area contributed by atoms with Gasteiger partial charge in [0.05, 0.1) is 19.0 Å². The number of anilines is 1. The molecule has 5 nitrogen and oxygen atoms in total. The Kier molecular flexibility index (Phi) is 5.43. The molecule has 26 heavy (non-hydrogen) atoms. The van der Waals surface area contributed by atoms with Gasteiger partial charge in [0, 0.05) is 11.6 Å². The molecule has 1 aromatic heterocycles. The number of halogens is 1. The molecular formula is C20H17FN2O3. The first-order chi connectivity index (χ1) is 12.6. The summed E-state index contributed by atoms with van der Waals surface area (Å²) < 4.78 is 23.6. The monoisotopic (exact) mass is 352 g/mol. The van der Waals surface area contributed by atoms with Crippen LogP contribution in [0.15, 0.2) is 66.9 Å². The highest BCUT2D eigenvalue weighted by molar-refractivity contribution is 6.04. The smallest absolute Gasteiger partial charge is 0.255 e. The third-order valence-corrected chi connectivity index (χ3v) is 3.62. The number of carbonyl (C=O) groups excluding carboxylic acids is 1. The number of methoxy groups -OCH3 is 1. The van der Waals surface area contributed by atoms with Gasteiger partial charge < -0.3 is 14.8 Å². The van der Waals surface area contributed by atoms with Crippen molar-refractivity contribution in [3.8, 4) is 11.6 Å². The van der Waals surface area contributed by atoms with Crippen molar-refractivity contribution in [2.24, 2.45) is 0 Å². The zero-order chi connectivity index (χ0) is 18.4. The topological polar surface area (TPSA) is 60.5 Å². The standard InChI is InChI=1S/C20H17FN2O3/c1-25-19-10-9-17(12-22-19)23-20(24)15-3-2-4-18(11-15)26-13-14-5-7-16(21)8-6-14/h2-12H,13H2,1H3,(H,23,24). The van der Waals surface area contributed by atoms with E-state index < -0.39 is 0 Å².